The standard InChI is InChI=1S/C9H9N5O2/c15-9(8-10-13-14-11-8)12-16-6-7-4-2-1-3-5-7/h1-5H,6H2,(H,12,15)(H,10,11,13,14). The number of amides is 1. The molecule has 0 fully saturated rings. The Labute approximate surface area is 90.8 Å². The minimum Gasteiger partial charge on any atom is -0.269 e. The Morgan fingerprint density at radius 2 is 2.19 bits per heavy atom. The van der Waals surface area contributed by atoms with Gasteiger partial charge in [-0.2, -0.15) is 5.21 Å². The summed E-state index contributed by atoms with van der Waals surface area (Å²) in [5.41, 5.74) is 3.16. The largest absolute Gasteiger partial charge is 0.316 e. The summed E-state index contributed by atoms with van der Waals surface area (Å²) >= 11 is 0. The minimum atomic E-state index is -0.537. The van der Waals surface area contributed by atoms with Crippen LogP contribution in [0.1, 0.15) is 16.2 Å². The first-order chi connectivity index (χ1) is 7.86. The normalized spacial score (nSPS) is 10.0. The van der Waals surface area contributed by atoms with Crippen LogP contribution < -0.4 is 5.48 Å². The maximum absolute atomic E-state index is 11.3. The average molecular weight is 219 g/mol. The van der Waals surface area contributed by atoms with E-state index < -0.39 is 5.91 Å². The number of aromatic amines is 1. The molecule has 0 atom stereocenters. The Morgan fingerprint density at radius 3 is 2.88 bits per heavy atom. The smallest absolute Gasteiger partial charge is 0.269 e. The van der Waals surface area contributed by atoms with E-state index in [1.165, 1.54) is 0 Å². The van der Waals surface area contributed by atoms with Gasteiger partial charge in [-0.1, -0.05) is 30.3 Å². The van der Waals surface area contributed by atoms with Gasteiger partial charge in [-0.3, -0.25) is 9.63 Å². The number of H-pyrrole nitrogens is 1. The molecular formula is C9H9N5O2. The minimum absolute atomic E-state index is 0.0620. The Balaban J connectivity index is 1.79. The lowest BCUT2D eigenvalue weighted by atomic mass is 10.2. The van der Waals surface area contributed by atoms with Gasteiger partial charge in [0, 0.05) is 0 Å². The SMILES string of the molecule is O=C(NOCc1ccccc1)c1nn[nH]n1. The molecule has 0 aliphatic carbocycles. The molecule has 82 valence electrons. The van der Waals surface area contributed by atoms with Crippen LogP contribution in [0.5, 0.6) is 0 Å². The van der Waals surface area contributed by atoms with Gasteiger partial charge in [0.2, 0.25) is 0 Å². The summed E-state index contributed by atoms with van der Waals surface area (Å²) < 4.78 is 0. The maximum atomic E-state index is 11.3. The number of nitrogens with zero attached hydrogens (tertiary/aromatic N) is 3. The molecule has 0 aliphatic heterocycles. The van der Waals surface area contributed by atoms with E-state index in [1.54, 1.807) is 0 Å². The molecule has 1 aromatic heterocycles. The summed E-state index contributed by atoms with van der Waals surface area (Å²) in [6.07, 6.45) is 0. The number of hydrogen-bond donors (Lipinski definition) is 2. The molecule has 1 heterocycles. The van der Waals surface area contributed by atoms with Gasteiger partial charge in [-0.05, 0) is 10.8 Å². The number of tetrazole rings is 1. The van der Waals surface area contributed by atoms with Gasteiger partial charge in [0.1, 0.15) is 0 Å². The number of hydrogen-bond acceptors (Lipinski definition) is 5. The number of carbonyl (C=O) groups is 1. The van der Waals surface area contributed by atoms with Crippen LogP contribution >= 0.6 is 0 Å². The zero-order chi connectivity index (χ0) is 11.2. The number of benzene rings is 1. The predicted molar refractivity (Wildman–Crippen MR) is 52.9 cm³/mol. The molecule has 2 aromatic rings. The van der Waals surface area contributed by atoms with Crippen LogP contribution in [0.15, 0.2) is 30.3 Å². The fourth-order valence-corrected chi connectivity index (χ4v) is 1.06. The molecule has 16 heavy (non-hydrogen) atoms. The molecule has 1 amide bonds. The third-order valence-corrected chi connectivity index (χ3v) is 1.79. The van der Waals surface area contributed by atoms with E-state index in [4.69, 9.17) is 4.84 Å². The molecule has 0 bridgehead atoms. The van der Waals surface area contributed by atoms with Gasteiger partial charge in [0.05, 0.1) is 6.61 Å². The summed E-state index contributed by atoms with van der Waals surface area (Å²) in [7, 11) is 0. The number of hydroxylamine groups is 1. The number of aromatic nitrogens is 4. The topological polar surface area (TPSA) is 92.8 Å². The quantitative estimate of drug-likeness (QED) is 0.709. The second-order valence-corrected chi connectivity index (χ2v) is 2.94. The Kier molecular flexibility index (Phi) is 3.19. The lowest BCUT2D eigenvalue weighted by Crippen LogP contribution is -2.24. The van der Waals surface area contributed by atoms with Crippen molar-refractivity contribution in [3.8, 4) is 0 Å². The van der Waals surface area contributed by atoms with Crippen molar-refractivity contribution in [3.63, 3.8) is 0 Å². The highest BCUT2D eigenvalue weighted by Gasteiger charge is 2.09. The van der Waals surface area contributed by atoms with Crippen molar-refractivity contribution in [2.24, 2.45) is 0 Å². The van der Waals surface area contributed by atoms with Crippen molar-refractivity contribution in [3.05, 3.63) is 41.7 Å². The van der Waals surface area contributed by atoms with E-state index in [2.05, 4.69) is 26.1 Å². The first-order valence-corrected chi connectivity index (χ1v) is 4.56. The highest BCUT2D eigenvalue weighted by atomic mass is 16.6. The molecule has 7 heteroatoms. The predicted octanol–water partition coefficient (Wildman–Crippen LogP) is 0.0613. The van der Waals surface area contributed by atoms with Gasteiger partial charge in [-0.15, -0.1) is 10.2 Å². The van der Waals surface area contributed by atoms with Crippen LogP contribution in [0.25, 0.3) is 0 Å². The lowest BCUT2D eigenvalue weighted by Gasteiger charge is -2.02. The number of nitrogens with one attached hydrogen (secondary N) is 2. The average Bonchev–Trinajstić information content (AvgIpc) is 2.84. The van der Waals surface area contributed by atoms with Gasteiger partial charge in [0.15, 0.2) is 0 Å². The van der Waals surface area contributed by atoms with E-state index in [0.717, 1.165) is 5.56 Å². The molecule has 0 radical (unpaired) electrons. The summed E-state index contributed by atoms with van der Waals surface area (Å²) in [6, 6.07) is 9.46. The maximum Gasteiger partial charge on any atom is 0.316 e. The third kappa shape index (κ3) is 2.61. The first-order valence-electron chi connectivity index (χ1n) is 4.56. The summed E-state index contributed by atoms with van der Waals surface area (Å²) in [5.74, 6) is -0.599. The van der Waals surface area contributed by atoms with E-state index in [1.807, 2.05) is 30.3 Å². The summed E-state index contributed by atoms with van der Waals surface area (Å²) in [6.45, 7) is 0.282. The summed E-state index contributed by atoms with van der Waals surface area (Å²) in [5, 5.41) is 12.4. The van der Waals surface area contributed by atoms with Crippen molar-refractivity contribution in [1.82, 2.24) is 26.1 Å². The zero-order valence-corrected chi connectivity index (χ0v) is 8.25. The van der Waals surface area contributed by atoms with Gasteiger partial charge in [-0.25, -0.2) is 5.48 Å². The Morgan fingerprint density at radius 1 is 1.38 bits per heavy atom. The molecule has 0 unspecified atom stereocenters. The van der Waals surface area contributed by atoms with Crippen LogP contribution in [-0.4, -0.2) is 26.5 Å². The van der Waals surface area contributed by atoms with E-state index in [9.17, 15) is 4.79 Å². The second-order valence-electron chi connectivity index (χ2n) is 2.94. The molecule has 7 nitrogen and oxygen atoms in total. The Bertz CT molecular complexity index is 442. The van der Waals surface area contributed by atoms with Crippen LogP contribution in [0.2, 0.25) is 0 Å². The van der Waals surface area contributed by atoms with Gasteiger partial charge >= 0.3 is 5.91 Å². The molecule has 0 aliphatic rings. The molecule has 2 rings (SSSR count). The summed E-state index contributed by atoms with van der Waals surface area (Å²) in [4.78, 5) is 16.3. The molecule has 1 aromatic carbocycles. The molecular weight excluding hydrogens is 210 g/mol. The number of carbonyl (C=O) groups excluding carboxylic acids is 1. The molecule has 0 spiro atoms. The highest BCUT2D eigenvalue weighted by molar-refractivity contribution is 5.89. The van der Waals surface area contributed by atoms with Crippen molar-refractivity contribution in [1.29, 1.82) is 0 Å². The number of rotatable bonds is 4. The highest BCUT2D eigenvalue weighted by Crippen LogP contribution is 1.99. The van der Waals surface area contributed by atoms with Crippen LogP contribution in [0, 0.1) is 0 Å². The van der Waals surface area contributed by atoms with E-state index in [-0.39, 0.29) is 12.4 Å². The zero-order valence-electron chi connectivity index (χ0n) is 8.25. The van der Waals surface area contributed by atoms with E-state index in [0.29, 0.717) is 0 Å². The fourth-order valence-electron chi connectivity index (χ4n) is 1.06. The first kappa shape index (κ1) is 10.2. The van der Waals surface area contributed by atoms with E-state index >= 15 is 0 Å². The second kappa shape index (κ2) is 4.99. The van der Waals surface area contributed by atoms with Crippen LogP contribution in [0.4, 0.5) is 0 Å². The molecule has 2 N–H and O–H groups in total. The van der Waals surface area contributed by atoms with Crippen molar-refractivity contribution in [2.45, 2.75) is 6.61 Å². The van der Waals surface area contributed by atoms with Gasteiger partial charge < -0.3 is 0 Å². The Hall–Kier alpha value is -2.28. The third-order valence-electron chi connectivity index (χ3n) is 1.79. The van der Waals surface area contributed by atoms with Crippen LogP contribution in [-0.2, 0) is 11.4 Å². The molecule has 0 saturated carbocycles. The lowest BCUT2D eigenvalue weighted by molar-refractivity contribution is 0.0225. The molecule has 0 saturated heterocycles. The monoisotopic (exact) mass is 219 g/mol. The van der Waals surface area contributed by atoms with Crippen LogP contribution in [0.3, 0.4) is 0 Å². The van der Waals surface area contributed by atoms with Crippen molar-refractivity contribution in [2.75, 3.05) is 0 Å². The van der Waals surface area contributed by atoms with Crippen molar-refractivity contribution >= 4 is 5.91 Å². The van der Waals surface area contributed by atoms with Gasteiger partial charge in [0.25, 0.3) is 5.82 Å². The fraction of sp³-hybridized carbons (Fsp3) is 0.111. The van der Waals surface area contributed by atoms with Crippen molar-refractivity contribution < 1.29 is 9.63 Å².